The van der Waals surface area contributed by atoms with Gasteiger partial charge in [-0.15, -0.1) is 0 Å². The van der Waals surface area contributed by atoms with Crippen molar-refractivity contribution in [1.29, 1.82) is 0 Å². The molecule has 0 saturated carbocycles. The van der Waals surface area contributed by atoms with Crippen LogP contribution in [0.25, 0.3) is 88.9 Å². The van der Waals surface area contributed by atoms with Crippen LogP contribution in [0.3, 0.4) is 0 Å². The number of nitrogens with zero attached hydrogens (tertiary/aromatic N) is 3. The first kappa shape index (κ1) is 32.7. The van der Waals surface area contributed by atoms with Crippen molar-refractivity contribution in [2.45, 2.75) is 0 Å². The molecule has 0 fully saturated rings. The Labute approximate surface area is 328 Å². The lowest BCUT2D eigenvalue weighted by atomic mass is 10.0. The van der Waals surface area contributed by atoms with E-state index >= 15 is 0 Å². The highest BCUT2D eigenvalue weighted by molar-refractivity contribution is 6.15. The Hall–Kier alpha value is -7.76. The zero-order valence-electron chi connectivity index (χ0n) is 30.7. The lowest BCUT2D eigenvalue weighted by molar-refractivity contribution is 0.668. The van der Waals surface area contributed by atoms with Crippen LogP contribution in [-0.2, 0) is 0 Å². The second-order valence-corrected chi connectivity index (χ2v) is 14.2. The number of para-hydroxylation sites is 2. The van der Waals surface area contributed by atoms with Gasteiger partial charge in [-0.25, -0.2) is 9.97 Å². The number of benzene rings is 8. The second kappa shape index (κ2) is 13.5. The molecule has 0 bridgehead atoms. The van der Waals surface area contributed by atoms with Crippen LogP contribution >= 0.6 is 0 Å². The molecular weight excluding hydrogens is 699 g/mol. The quantitative estimate of drug-likeness (QED) is 0.163. The first-order chi connectivity index (χ1) is 28.2. The van der Waals surface area contributed by atoms with E-state index in [1.807, 2.05) is 66.7 Å². The minimum absolute atomic E-state index is 0.656. The normalized spacial score (nSPS) is 11.5. The summed E-state index contributed by atoms with van der Waals surface area (Å²) in [5.41, 5.74) is 13.1. The zero-order valence-corrected chi connectivity index (χ0v) is 30.7. The Morgan fingerprint density at radius 1 is 0.333 bits per heavy atom. The Morgan fingerprint density at radius 3 is 1.58 bits per heavy atom. The molecule has 5 heteroatoms. The van der Waals surface area contributed by atoms with Gasteiger partial charge >= 0.3 is 0 Å². The van der Waals surface area contributed by atoms with E-state index in [1.54, 1.807) is 0 Å². The lowest BCUT2D eigenvalue weighted by Crippen LogP contribution is -2.10. The number of anilines is 3. The van der Waals surface area contributed by atoms with Crippen LogP contribution < -0.4 is 4.90 Å². The summed E-state index contributed by atoms with van der Waals surface area (Å²) in [5, 5.41) is 4.17. The van der Waals surface area contributed by atoms with Gasteiger partial charge in [0, 0.05) is 44.2 Å². The largest absolute Gasteiger partial charge is 0.456 e. The summed E-state index contributed by atoms with van der Waals surface area (Å²) in [4.78, 5) is 12.6. The van der Waals surface area contributed by atoms with Gasteiger partial charge in [-0.2, -0.15) is 0 Å². The van der Waals surface area contributed by atoms with E-state index in [4.69, 9.17) is 18.8 Å². The minimum Gasteiger partial charge on any atom is -0.456 e. The van der Waals surface area contributed by atoms with Crippen molar-refractivity contribution in [3.05, 3.63) is 200 Å². The molecule has 0 N–H and O–H groups in total. The van der Waals surface area contributed by atoms with Gasteiger partial charge in [0.05, 0.1) is 22.5 Å². The highest BCUT2D eigenvalue weighted by Crippen LogP contribution is 2.46. The van der Waals surface area contributed by atoms with Gasteiger partial charge in [-0.05, 0) is 71.8 Å². The number of hydrogen-bond donors (Lipinski definition) is 0. The Balaban J connectivity index is 1.19. The van der Waals surface area contributed by atoms with Crippen molar-refractivity contribution < 1.29 is 8.83 Å². The summed E-state index contributed by atoms with van der Waals surface area (Å²) in [6, 6.07) is 69.1. The van der Waals surface area contributed by atoms with Crippen LogP contribution in [0.2, 0.25) is 0 Å². The SMILES string of the molecule is c1ccc(-c2ccc(N(c3ccc4oc5ccccc5c4c3)c3cc(-c4cc(-c5ccccc5)nc(-c5ccccc5)n4)cc4oc5ccccc5c34)cc2)cc1. The molecule has 57 heavy (non-hydrogen) atoms. The average Bonchev–Trinajstić information content (AvgIpc) is 3.86. The second-order valence-electron chi connectivity index (χ2n) is 14.2. The van der Waals surface area contributed by atoms with E-state index in [1.165, 1.54) is 5.56 Å². The minimum atomic E-state index is 0.656. The fraction of sp³-hybridized carbons (Fsp3) is 0. The van der Waals surface area contributed by atoms with Crippen molar-refractivity contribution in [2.75, 3.05) is 4.90 Å². The topological polar surface area (TPSA) is 55.3 Å². The molecule has 0 spiro atoms. The average molecular weight is 732 g/mol. The van der Waals surface area contributed by atoms with Crippen LogP contribution in [0.5, 0.6) is 0 Å². The van der Waals surface area contributed by atoms with Gasteiger partial charge < -0.3 is 13.7 Å². The summed E-state index contributed by atoms with van der Waals surface area (Å²) >= 11 is 0. The molecule has 8 aromatic carbocycles. The van der Waals surface area contributed by atoms with Crippen molar-refractivity contribution in [3.63, 3.8) is 0 Å². The fourth-order valence-electron chi connectivity index (χ4n) is 7.94. The third-order valence-corrected chi connectivity index (χ3v) is 10.7. The van der Waals surface area contributed by atoms with Crippen molar-refractivity contribution in [2.24, 2.45) is 0 Å². The number of hydrogen-bond acceptors (Lipinski definition) is 5. The van der Waals surface area contributed by atoms with Gasteiger partial charge in [0.2, 0.25) is 0 Å². The first-order valence-corrected chi connectivity index (χ1v) is 19.1. The zero-order chi connectivity index (χ0) is 37.7. The maximum absolute atomic E-state index is 6.71. The van der Waals surface area contributed by atoms with E-state index in [2.05, 4.69) is 138 Å². The van der Waals surface area contributed by atoms with Crippen molar-refractivity contribution >= 4 is 60.9 Å². The molecule has 11 rings (SSSR count). The fourth-order valence-corrected chi connectivity index (χ4v) is 7.94. The molecule has 0 unspecified atom stereocenters. The lowest BCUT2D eigenvalue weighted by Gasteiger charge is -2.27. The van der Waals surface area contributed by atoms with Crippen LogP contribution in [0, 0.1) is 0 Å². The standard InChI is InChI=1S/C52H33N3O2/c1-4-14-34(15-5-1)35-24-26-39(27-25-35)55(40-28-29-49-43(32-40)41-20-10-12-22-47(41)56-49)46-30-38(31-50-51(46)42-21-11-13-23-48(42)57-50)45-33-44(36-16-6-2-7-17-36)53-52(54-45)37-18-8-3-9-19-37/h1-33H. The molecule has 0 atom stereocenters. The van der Waals surface area contributed by atoms with Gasteiger partial charge in [-0.3, -0.25) is 0 Å². The Bertz CT molecular complexity index is 3170. The number of aromatic nitrogens is 2. The van der Waals surface area contributed by atoms with Gasteiger partial charge in [-0.1, -0.05) is 140 Å². The van der Waals surface area contributed by atoms with Gasteiger partial charge in [0.25, 0.3) is 0 Å². The highest BCUT2D eigenvalue weighted by atomic mass is 16.3. The van der Waals surface area contributed by atoms with E-state index in [0.717, 1.165) is 94.6 Å². The van der Waals surface area contributed by atoms with E-state index in [9.17, 15) is 0 Å². The Morgan fingerprint density at radius 2 is 0.860 bits per heavy atom. The van der Waals surface area contributed by atoms with E-state index in [0.29, 0.717) is 5.82 Å². The molecule has 268 valence electrons. The molecule has 0 aliphatic rings. The van der Waals surface area contributed by atoms with Crippen LogP contribution in [0.4, 0.5) is 17.1 Å². The molecule has 3 aromatic heterocycles. The van der Waals surface area contributed by atoms with Gasteiger partial charge in [0.1, 0.15) is 22.3 Å². The van der Waals surface area contributed by atoms with E-state index in [-0.39, 0.29) is 0 Å². The summed E-state index contributed by atoms with van der Waals surface area (Å²) in [6.07, 6.45) is 0. The molecule has 5 nitrogen and oxygen atoms in total. The monoisotopic (exact) mass is 731 g/mol. The van der Waals surface area contributed by atoms with Crippen molar-refractivity contribution in [3.8, 4) is 45.0 Å². The molecule has 11 aromatic rings. The number of rotatable bonds is 7. The van der Waals surface area contributed by atoms with Crippen molar-refractivity contribution in [1.82, 2.24) is 9.97 Å². The molecular formula is C52H33N3O2. The van der Waals surface area contributed by atoms with Crippen LogP contribution in [0.15, 0.2) is 209 Å². The van der Waals surface area contributed by atoms with Crippen LogP contribution in [-0.4, -0.2) is 9.97 Å². The number of fused-ring (bicyclic) bond motifs is 6. The molecule has 0 radical (unpaired) electrons. The third kappa shape index (κ3) is 5.81. The van der Waals surface area contributed by atoms with Gasteiger partial charge in [0.15, 0.2) is 5.82 Å². The first-order valence-electron chi connectivity index (χ1n) is 19.1. The Kier molecular flexibility index (Phi) is 7.74. The summed E-state index contributed by atoms with van der Waals surface area (Å²) in [7, 11) is 0. The summed E-state index contributed by atoms with van der Waals surface area (Å²) < 4.78 is 13.0. The maximum atomic E-state index is 6.71. The summed E-state index contributed by atoms with van der Waals surface area (Å²) in [5.74, 6) is 0.656. The maximum Gasteiger partial charge on any atom is 0.160 e. The van der Waals surface area contributed by atoms with E-state index < -0.39 is 0 Å². The predicted octanol–water partition coefficient (Wildman–Crippen LogP) is 14.4. The smallest absolute Gasteiger partial charge is 0.160 e. The summed E-state index contributed by atoms with van der Waals surface area (Å²) in [6.45, 7) is 0. The predicted molar refractivity (Wildman–Crippen MR) is 233 cm³/mol. The molecule has 0 aliphatic carbocycles. The van der Waals surface area contributed by atoms with Crippen LogP contribution in [0.1, 0.15) is 0 Å². The molecule has 0 amide bonds. The molecule has 3 heterocycles. The molecule has 0 saturated heterocycles. The third-order valence-electron chi connectivity index (χ3n) is 10.7. The highest BCUT2D eigenvalue weighted by Gasteiger charge is 2.23. The molecule has 0 aliphatic heterocycles. The number of furan rings is 2.